The Labute approximate surface area is 196 Å². The number of nitrogens with one attached hydrogen (secondary N) is 1. The second-order valence-electron chi connectivity index (χ2n) is 9.35. The largest absolute Gasteiger partial charge is 0.444 e. The molecular formula is C23H30F3N5O3. The number of aromatic nitrogens is 2. The third kappa shape index (κ3) is 6.00. The minimum absolute atomic E-state index is 0.107. The molecule has 34 heavy (non-hydrogen) atoms. The molecule has 2 heterocycles. The summed E-state index contributed by atoms with van der Waals surface area (Å²) in [6, 6.07) is 4.99. The van der Waals surface area contributed by atoms with Crippen LogP contribution in [0.3, 0.4) is 0 Å². The first-order chi connectivity index (χ1) is 15.8. The number of anilines is 1. The number of carbonyl (C=O) groups is 1. The molecule has 3 rings (SSSR count). The number of carbonyl (C=O) groups excluding carboxylic acids is 1. The quantitative estimate of drug-likeness (QED) is 0.705. The van der Waals surface area contributed by atoms with Gasteiger partial charge < -0.3 is 20.0 Å². The van der Waals surface area contributed by atoms with E-state index in [2.05, 4.69) is 10.3 Å². The van der Waals surface area contributed by atoms with Gasteiger partial charge in [-0.3, -0.25) is 4.79 Å². The minimum Gasteiger partial charge on any atom is -0.444 e. The van der Waals surface area contributed by atoms with E-state index in [1.807, 2.05) is 0 Å². The van der Waals surface area contributed by atoms with Crippen molar-refractivity contribution in [2.24, 2.45) is 0 Å². The van der Waals surface area contributed by atoms with Crippen LogP contribution in [0.25, 0.3) is 0 Å². The van der Waals surface area contributed by atoms with Gasteiger partial charge in [0, 0.05) is 33.6 Å². The molecule has 1 aromatic carbocycles. The number of benzene rings is 1. The fourth-order valence-corrected chi connectivity index (χ4v) is 3.61. The fraction of sp³-hybridized carbons (Fsp3) is 0.522. The molecule has 0 unspecified atom stereocenters. The van der Waals surface area contributed by atoms with E-state index in [1.54, 1.807) is 39.9 Å². The Hall–Kier alpha value is -3.24. The summed E-state index contributed by atoms with van der Waals surface area (Å²) in [5.41, 5.74) is 0.146. The Kier molecular flexibility index (Phi) is 7.13. The molecule has 0 spiro atoms. The van der Waals surface area contributed by atoms with Crippen LogP contribution >= 0.6 is 0 Å². The number of nitrogens with zero attached hydrogens (tertiary/aromatic N) is 4. The van der Waals surface area contributed by atoms with Crippen LogP contribution in [0.5, 0.6) is 0 Å². The normalized spacial score (nSPS) is 13.9. The maximum atomic E-state index is 13.2. The summed E-state index contributed by atoms with van der Waals surface area (Å²) in [5.74, 6) is 0.339. The van der Waals surface area contributed by atoms with Crippen LogP contribution in [0.2, 0.25) is 0 Å². The van der Waals surface area contributed by atoms with E-state index in [0.29, 0.717) is 43.1 Å². The molecule has 0 fully saturated rings. The number of rotatable bonds is 5. The highest BCUT2D eigenvalue weighted by atomic mass is 19.4. The van der Waals surface area contributed by atoms with E-state index in [-0.39, 0.29) is 12.1 Å². The third-order valence-electron chi connectivity index (χ3n) is 5.24. The molecule has 1 aliphatic rings. The molecule has 1 aliphatic heterocycles. The van der Waals surface area contributed by atoms with E-state index in [0.717, 1.165) is 17.7 Å². The number of fused-ring (bicyclic) bond motifs is 1. The number of ether oxygens (including phenoxy) is 1. The van der Waals surface area contributed by atoms with Crippen molar-refractivity contribution in [3.63, 3.8) is 0 Å². The van der Waals surface area contributed by atoms with Crippen LogP contribution in [0.1, 0.15) is 43.2 Å². The Morgan fingerprint density at radius 1 is 1.18 bits per heavy atom. The maximum Gasteiger partial charge on any atom is 0.416 e. The second kappa shape index (κ2) is 9.55. The molecule has 0 aliphatic carbocycles. The van der Waals surface area contributed by atoms with Gasteiger partial charge in [-0.25, -0.2) is 9.78 Å². The summed E-state index contributed by atoms with van der Waals surface area (Å²) in [6.07, 6.45) is -3.99. The molecule has 0 atom stereocenters. The zero-order chi connectivity index (χ0) is 25.3. The average Bonchev–Trinajstić information content (AvgIpc) is 2.72. The number of amides is 1. The molecule has 8 nitrogen and oxygen atoms in total. The lowest BCUT2D eigenvalue weighted by atomic mass is 10.1. The third-order valence-corrected chi connectivity index (χ3v) is 5.24. The monoisotopic (exact) mass is 481 g/mol. The summed E-state index contributed by atoms with van der Waals surface area (Å²) in [6.45, 7) is 6.21. The van der Waals surface area contributed by atoms with Crippen LogP contribution in [0.15, 0.2) is 29.1 Å². The maximum absolute atomic E-state index is 13.2. The van der Waals surface area contributed by atoms with Gasteiger partial charge in [-0.15, -0.1) is 0 Å². The molecule has 0 radical (unpaired) electrons. The predicted molar refractivity (Wildman–Crippen MR) is 123 cm³/mol. The zero-order valence-electron chi connectivity index (χ0n) is 20.0. The van der Waals surface area contributed by atoms with E-state index >= 15 is 0 Å². The van der Waals surface area contributed by atoms with Gasteiger partial charge in [0.25, 0.3) is 5.56 Å². The summed E-state index contributed by atoms with van der Waals surface area (Å²) in [5, 5.41) is 4.71. The standard InChI is InChI=1S/C23H30F3N5O3/c1-22(2,3)34-21(33)30-13-11-18-17(14-30)19(32)31(29(4)5)20(28-18)27-12-10-15-6-8-16(9-7-15)23(24,25)26/h6-9H,10-14H2,1-5H3,(H,27,28). The minimum atomic E-state index is -4.37. The van der Waals surface area contributed by atoms with Gasteiger partial charge in [0.1, 0.15) is 5.60 Å². The topological polar surface area (TPSA) is 79.7 Å². The lowest BCUT2D eigenvalue weighted by Gasteiger charge is -2.31. The Morgan fingerprint density at radius 2 is 1.82 bits per heavy atom. The Bertz CT molecular complexity index is 1090. The number of hydrogen-bond acceptors (Lipinski definition) is 6. The molecule has 186 valence electrons. The summed E-state index contributed by atoms with van der Waals surface area (Å²) >= 11 is 0. The van der Waals surface area contributed by atoms with Gasteiger partial charge >= 0.3 is 12.3 Å². The fourth-order valence-electron chi connectivity index (χ4n) is 3.61. The van der Waals surface area contributed by atoms with E-state index in [4.69, 9.17) is 4.74 Å². The van der Waals surface area contributed by atoms with Crippen molar-refractivity contribution in [2.45, 2.75) is 51.9 Å². The molecule has 0 saturated carbocycles. The van der Waals surface area contributed by atoms with Crippen LogP contribution < -0.4 is 15.9 Å². The zero-order valence-corrected chi connectivity index (χ0v) is 20.0. The Morgan fingerprint density at radius 3 is 2.38 bits per heavy atom. The Balaban J connectivity index is 1.75. The first-order valence-electron chi connectivity index (χ1n) is 11.0. The molecule has 0 bridgehead atoms. The highest BCUT2D eigenvalue weighted by molar-refractivity contribution is 5.68. The van der Waals surface area contributed by atoms with Crippen molar-refractivity contribution in [1.82, 2.24) is 14.6 Å². The van der Waals surface area contributed by atoms with Gasteiger partial charge in [0.05, 0.1) is 23.4 Å². The molecule has 1 amide bonds. The van der Waals surface area contributed by atoms with Crippen molar-refractivity contribution in [3.8, 4) is 0 Å². The highest BCUT2D eigenvalue weighted by Gasteiger charge is 2.31. The van der Waals surface area contributed by atoms with Crippen molar-refractivity contribution in [3.05, 3.63) is 57.0 Å². The molecule has 1 N–H and O–H groups in total. The first-order valence-corrected chi connectivity index (χ1v) is 11.0. The molecule has 0 saturated heterocycles. The lowest BCUT2D eigenvalue weighted by Crippen LogP contribution is -2.46. The number of halogens is 3. The van der Waals surface area contributed by atoms with Gasteiger partial charge in [-0.1, -0.05) is 12.1 Å². The van der Waals surface area contributed by atoms with Crippen molar-refractivity contribution >= 4 is 12.0 Å². The first kappa shape index (κ1) is 25.4. The molecule has 1 aromatic heterocycles. The predicted octanol–water partition coefficient (Wildman–Crippen LogP) is 3.41. The average molecular weight is 482 g/mol. The van der Waals surface area contributed by atoms with Crippen LogP contribution in [-0.2, 0) is 30.3 Å². The van der Waals surface area contributed by atoms with Crippen molar-refractivity contribution in [2.75, 3.05) is 37.5 Å². The number of alkyl halides is 3. The SMILES string of the molecule is CN(C)n1c(NCCc2ccc(C(F)(F)F)cc2)nc2c(c1=O)CN(C(=O)OC(C)(C)C)CC2. The van der Waals surface area contributed by atoms with E-state index < -0.39 is 23.4 Å². The molecule has 2 aromatic rings. The van der Waals surface area contributed by atoms with E-state index in [9.17, 15) is 22.8 Å². The summed E-state index contributed by atoms with van der Waals surface area (Å²) in [4.78, 5) is 31.8. The van der Waals surface area contributed by atoms with Crippen LogP contribution in [0.4, 0.5) is 23.9 Å². The summed E-state index contributed by atoms with van der Waals surface area (Å²) < 4.78 is 45.0. The molecule has 11 heteroatoms. The smallest absolute Gasteiger partial charge is 0.416 e. The second-order valence-corrected chi connectivity index (χ2v) is 9.35. The van der Waals surface area contributed by atoms with Crippen molar-refractivity contribution in [1.29, 1.82) is 0 Å². The van der Waals surface area contributed by atoms with Crippen molar-refractivity contribution < 1.29 is 22.7 Å². The lowest BCUT2D eigenvalue weighted by molar-refractivity contribution is -0.137. The molecular weight excluding hydrogens is 451 g/mol. The van der Waals surface area contributed by atoms with Gasteiger partial charge in [0.2, 0.25) is 5.95 Å². The van der Waals surface area contributed by atoms with E-state index in [1.165, 1.54) is 21.7 Å². The van der Waals surface area contributed by atoms with Gasteiger partial charge in [-0.05, 0) is 44.9 Å². The highest BCUT2D eigenvalue weighted by Crippen LogP contribution is 2.29. The van der Waals surface area contributed by atoms with Crippen LogP contribution in [-0.4, -0.2) is 53.4 Å². The number of hydrogen-bond donors (Lipinski definition) is 1. The van der Waals surface area contributed by atoms with Crippen LogP contribution in [0, 0.1) is 0 Å². The van der Waals surface area contributed by atoms with Gasteiger partial charge in [0.15, 0.2) is 0 Å². The van der Waals surface area contributed by atoms with Gasteiger partial charge in [-0.2, -0.15) is 17.8 Å². The summed E-state index contributed by atoms with van der Waals surface area (Å²) in [7, 11) is 3.40.